The maximum Gasteiger partial charge on any atom is 0.253 e. The lowest BCUT2D eigenvalue weighted by Gasteiger charge is -2.29. The van der Waals surface area contributed by atoms with Crippen molar-refractivity contribution in [1.82, 2.24) is 9.80 Å². The monoisotopic (exact) mass is 317 g/mol. The van der Waals surface area contributed by atoms with Crippen LogP contribution in [0.15, 0.2) is 24.3 Å². The largest absolute Gasteiger partial charge is 0.379 e. The minimum atomic E-state index is 0.165. The quantitative estimate of drug-likeness (QED) is 0.844. The number of hydrogen-bond acceptors (Lipinski definition) is 4. The maximum atomic E-state index is 12.7. The normalized spacial score (nSPS) is 22.3. The van der Waals surface area contributed by atoms with Gasteiger partial charge in [0.05, 0.1) is 13.2 Å². The average Bonchev–Trinajstić information content (AvgIpc) is 3.03. The van der Waals surface area contributed by atoms with E-state index in [0.717, 1.165) is 63.6 Å². The number of nitrogens with zero attached hydrogens (tertiary/aromatic N) is 3. The topological polar surface area (TPSA) is 36.0 Å². The zero-order valence-corrected chi connectivity index (χ0v) is 14.2. The van der Waals surface area contributed by atoms with Crippen molar-refractivity contribution in [3.63, 3.8) is 0 Å². The van der Waals surface area contributed by atoms with E-state index < -0.39 is 0 Å². The second kappa shape index (κ2) is 7.32. The fraction of sp³-hybridized carbons (Fsp3) is 0.611. The zero-order chi connectivity index (χ0) is 16.2. The van der Waals surface area contributed by atoms with E-state index in [-0.39, 0.29) is 5.91 Å². The molecular weight excluding hydrogens is 290 g/mol. The van der Waals surface area contributed by atoms with Crippen molar-refractivity contribution in [2.45, 2.75) is 6.42 Å². The third kappa shape index (κ3) is 4.03. The molecule has 23 heavy (non-hydrogen) atoms. The van der Waals surface area contributed by atoms with Crippen molar-refractivity contribution >= 4 is 11.6 Å². The first-order valence-electron chi connectivity index (χ1n) is 8.50. The summed E-state index contributed by atoms with van der Waals surface area (Å²) in [6.07, 6.45) is 1.11. The second-order valence-corrected chi connectivity index (χ2v) is 6.76. The minimum absolute atomic E-state index is 0.165. The van der Waals surface area contributed by atoms with Gasteiger partial charge in [-0.3, -0.25) is 9.69 Å². The summed E-state index contributed by atoms with van der Waals surface area (Å²) in [4.78, 5) is 19.2. The van der Waals surface area contributed by atoms with Crippen LogP contribution in [-0.2, 0) is 4.74 Å². The summed E-state index contributed by atoms with van der Waals surface area (Å²) in [7, 11) is 4.00. The van der Waals surface area contributed by atoms with Gasteiger partial charge in [-0.25, -0.2) is 0 Å². The number of ether oxygens (including phenoxy) is 1. The number of anilines is 1. The lowest BCUT2D eigenvalue weighted by Crippen LogP contribution is -2.40. The van der Waals surface area contributed by atoms with Gasteiger partial charge in [0.25, 0.3) is 5.91 Å². The molecule has 2 aliphatic heterocycles. The van der Waals surface area contributed by atoms with Crippen molar-refractivity contribution in [3.8, 4) is 0 Å². The molecule has 5 nitrogen and oxygen atoms in total. The fourth-order valence-corrected chi connectivity index (χ4v) is 3.41. The molecule has 0 bridgehead atoms. The van der Waals surface area contributed by atoms with Crippen LogP contribution in [0.2, 0.25) is 0 Å². The van der Waals surface area contributed by atoms with E-state index in [9.17, 15) is 4.79 Å². The van der Waals surface area contributed by atoms with Crippen LogP contribution in [0.25, 0.3) is 0 Å². The predicted octanol–water partition coefficient (Wildman–Crippen LogP) is 1.55. The number of benzene rings is 1. The van der Waals surface area contributed by atoms with Crippen LogP contribution < -0.4 is 4.90 Å². The van der Waals surface area contributed by atoms with E-state index in [1.54, 1.807) is 0 Å². The minimum Gasteiger partial charge on any atom is -0.379 e. The number of amides is 1. The highest BCUT2D eigenvalue weighted by molar-refractivity contribution is 5.95. The van der Waals surface area contributed by atoms with Gasteiger partial charge < -0.3 is 14.5 Å². The fourth-order valence-electron chi connectivity index (χ4n) is 3.41. The Kier molecular flexibility index (Phi) is 5.18. The molecule has 1 amide bonds. The summed E-state index contributed by atoms with van der Waals surface area (Å²) in [6.45, 7) is 6.57. The highest BCUT2D eigenvalue weighted by Crippen LogP contribution is 2.22. The van der Waals surface area contributed by atoms with Crippen molar-refractivity contribution in [2.75, 3.05) is 64.9 Å². The van der Waals surface area contributed by atoms with Crippen LogP contribution in [0.4, 0.5) is 5.69 Å². The highest BCUT2D eigenvalue weighted by atomic mass is 16.5. The van der Waals surface area contributed by atoms with E-state index in [2.05, 4.69) is 4.90 Å². The predicted molar refractivity (Wildman–Crippen MR) is 92.0 cm³/mol. The van der Waals surface area contributed by atoms with Crippen molar-refractivity contribution < 1.29 is 9.53 Å². The molecule has 0 aliphatic carbocycles. The van der Waals surface area contributed by atoms with Crippen molar-refractivity contribution in [1.29, 1.82) is 0 Å². The Bertz CT molecular complexity index is 541. The molecule has 0 spiro atoms. The van der Waals surface area contributed by atoms with E-state index in [1.165, 1.54) is 0 Å². The van der Waals surface area contributed by atoms with E-state index in [4.69, 9.17) is 4.74 Å². The lowest BCUT2D eigenvalue weighted by atomic mass is 10.1. The van der Waals surface area contributed by atoms with Crippen LogP contribution in [0.3, 0.4) is 0 Å². The van der Waals surface area contributed by atoms with Gasteiger partial charge >= 0.3 is 0 Å². The molecule has 0 radical (unpaired) electrons. The van der Waals surface area contributed by atoms with Crippen LogP contribution >= 0.6 is 0 Å². The molecule has 0 aromatic heterocycles. The van der Waals surface area contributed by atoms with Gasteiger partial charge in [0.2, 0.25) is 0 Å². The molecule has 1 aromatic rings. The summed E-state index contributed by atoms with van der Waals surface area (Å²) in [6, 6.07) is 7.90. The van der Waals surface area contributed by atoms with Gasteiger partial charge in [-0.2, -0.15) is 0 Å². The smallest absolute Gasteiger partial charge is 0.253 e. The second-order valence-electron chi connectivity index (χ2n) is 6.76. The summed E-state index contributed by atoms with van der Waals surface area (Å²) >= 11 is 0. The summed E-state index contributed by atoms with van der Waals surface area (Å²) in [5.74, 6) is 0.757. The van der Waals surface area contributed by atoms with Crippen molar-refractivity contribution in [3.05, 3.63) is 29.8 Å². The Morgan fingerprint density at radius 3 is 2.78 bits per heavy atom. The number of morpholine rings is 1. The Morgan fingerprint density at radius 2 is 2.04 bits per heavy atom. The first-order chi connectivity index (χ1) is 11.1. The Labute approximate surface area is 138 Å². The molecule has 1 aromatic carbocycles. The Hall–Kier alpha value is -1.59. The highest BCUT2D eigenvalue weighted by Gasteiger charge is 2.28. The number of rotatable bonds is 4. The first kappa shape index (κ1) is 16.3. The maximum absolute atomic E-state index is 12.7. The number of carbonyl (C=O) groups excluding carboxylic acids is 1. The molecule has 2 heterocycles. The zero-order valence-electron chi connectivity index (χ0n) is 14.2. The third-order valence-electron chi connectivity index (χ3n) is 4.80. The van der Waals surface area contributed by atoms with E-state index in [0.29, 0.717) is 5.92 Å². The summed E-state index contributed by atoms with van der Waals surface area (Å²) in [5, 5.41) is 0. The molecule has 2 fully saturated rings. The van der Waals surface area contributed by atoms with Crippen molar-refractivity contribution in [2.24, 2.45) is 5.92 Å². The van der Waals surface area contributed by atoms with Gasteiger partial charge in [0.15, 0.2) is 0 Å². The lowest BCUT2D eigenvalue weighted by molar-refractivity contribution is 0.0310. The molecule has 0 saturated carbocycles. The molecular formula is C18H27N3O2. The van der Waals surface area contributed by atoms with Crippen LogP contribution in [0.5, 0.6) is 0 Å². The Morgan fingerprint density at radius 1 is 1.26 bits per heavy atom. The van der Waals surface area contributed by atoms with Crippen LogP contribution in [-0.4, -0.2) is 75.7 Å². The molecule has 1 unspecified atom stereocenters. The third-order valence-corrected chi connectivity index (χ3v) is 4.80. The molecule has 3 rings (SSSR count). The molecule has 2 aliphatic rings. The van der Waals surface area contributed by atoms with Crippen LogP contribution in [0.1, 0.15) is 16.8 Å². The summed E-state index contributed by atoms with van der Waals surface area (Å²) in [5.41, 5.74) is 1.86. The number of carbonyl (C=O) groups is 1. The molecule has 1 atom stereocenters. The number of hydrogen-bond donors (Lipinski definition) is 0. The Balaban J connectivity index is 1.57. The van der Waals surface area contributed by atoms with Gasteiger partial charge in [0.1, 0.15) is 0 Å². The standard InChI is InChI=1S/C18H27N3O2/c1-19(2)17-5-3-4-16(12-17)18(22)21-7-6-15(14-21)13-20-8-10-23-11-9-20/h3-5,12,15H,6-11,13-14H2,1-2H3. The van der Waals surface area contributed by atoms with Gasteiger partial charge in [-0.15, -0.1) is 0 Å². The summed E-state index contributed by atoms with van der Waals surface area (Å²) < 4.78 is 5.40. The van der Waals surface area contributed by atoms with Gasteiger partial charge in [-0.05, 0) is 30.5 Å². The molecule has 5 heteroatoms. The van der Waals surface area contributed by atoms with Gasteiger partial charge in [-0.1, -0.05) is 6.07 Å². The SMILES string of the molecule is CN(C)c1cccc(C(=O)N2CCC(CN3CCOCC3)C2)c1. The first-order valence-corrected chi connectivity index (χ1v) is 8.50. The van der Waals surface area contributed by atoms with Gasteiger partial charge in [0, 0.05) is 58.1 Å². The van der Waals surface area contributed by atoms with Crippen LogP contribution in [0, 0.1) is 5.92 Å². The van der Waals surface area contributed by atoms with E-state index >= 15 is 0 Å². The van der Waals surface area contributed by atoms with E-state index in [1.807, 2.05) is 48.2 Å². The number of likely N-dealkylation sites (tertiary alicyclic amines) is 1. The molecule has 126 valence electrons. The molecule has 2 saturated heterocycles. The average molecular weight is 317 g/mol. The molecule has 0 N–H and O–H groups in total.